The minimum absolute atomic E-state index is 0. The molecule has 0 saturated heterocycles. The van der Waals surface area contributed by atoms with Gasteiger partial charge >= 0.3 is 0 Å². The van der Waals surface area contributed by atoms with E-state index in [1.165, 1.54) is 21.8 Å². The van der Waals surface area contributed by atoms with Crippen molar-refractivity contribution in [2.75, 3.05) is 18.9 Å². The monoisotopic (exact) mass is 481 g/mol. The molecule has 0 aliphatic carbocycles. The number of nitrogens with zero attached hydrogens (tertiary/aromatic N) is 2. The zero-order valence-corrected chi connectivity index (χ0v) is 19.4. The van der Waals surface area contributed by atoms with E-state index in [2.05, 4.69) is 23.3 Å². The summed E-state index contributed by atoms with van der Waals surface area (Å²) in [5, 5.41) is 4.99. The summed E-state index contributed by atoms with van der Waals surface area (Å²) in [6, 6.07) is 11.7. The van der Waals surface area contributed by atoms with Crippen molar-refractivity contribution in [1.82, 2.24) is 9.88 Å². The second-order valence-electron chi connectivity index (χ2n) is 6.74. The van der Waals surface area contributed by atoms with Crippen molar-refractivity contribution < 1.29 is 4.79 Å². The minimum Gasteiger partial charge on any atom is -0.312 e. The third-order valence-corrected chi connectivity index (χ3v) is 8.20. The zero-order chi connectivity index (χ0) is 19.3. The number of likely N-dealkylation sites (N-methyl/N-ethyl adjacent to an activating group) is 1. The van der Waals surface area contributed by atoms with Crippen LogP contribution in [0.5, 0.6) is 0 Å². The number of anilines is 1. The van der Waals surface area contributed by atoms with Gasteiger partial charge in [0.25, 0.3) is 5.91 Å². The molecule has 9 heteroatoms. The number of hydrogen-bond donors (Lipinski definition) is 1. The Morgan fingerprint density at radius 2 is 2.00 bits per heavy atom. The van der Waals surface area contributed by atoms with E-state index in [1.807, 2.05) is 18.2 Å². The van der Waals surface area contributed by atoms with Crippen LogP contribution in [0.2, 0.25) is 4.34 Å². The first-order valence-electron chi connectivity index (χ1n) is 8.84. The number of fused-ring (bicyclic) bond motifs is 2. The van der Waals surface area contributed by atoms with Crippen LogP contribution in [-0.2, 0) is 13.0 Å². The van der Waals surface area contributed by atoms with Crippen LogP contribution in [0.3, 0.4) is 0 Å². The summed E-state index contributed by atoms with van der Waals surface area (Å²) in [6.07, 6.45) is 0.967. The highest BCUT2D eigenvalue weighted by Gasteiger charge is 2.27. The number of carbonyl (C=O) groups excluding carboxylic acids is 1. The Morgan fingerprint density at radius 3 is 2.76 bits per heavy atom. The molecule has 29 heavy (non-hydrogen) atoms. The predicted octanol–water partition coefficient (Wildman–Crippen LogP) is 6.40. The van der Waals surface area contributed by atoms with Crippen LogP contribution >= 0.6 is 58.0 Å². The predicted molar refractivity (Wildman–Crippen MR) is 128 cm³/mol. The zero-order valence-electron chi connectivity index (χ0n) is 15.4. The second kappa shape index (κ2) is 8.34. The number of aromatic nitrogens is 1. The molecule has 4 heterocycles. The molecule has 1 aromatic carbocycles. The van der Waals surface area contributed by atoms with E-state index in [0.717, 1.165) is 45.3 Å². The summed E-state index contributed by atoms with van der Waals surface area (Å²) < 4.78 is 1.77. The van der Waals surface area contributed by atoms with Gasteiger partial charge in [-0.1, -0.05) is 23.7 Å². The van der Waals surface area contributed by atoms with Crippen molar-refractivity contribution in [2.45, 2.75) is 13.0 Å². The van der Waals surface area contributed by atoms with E-state index in [9.17, 15) is 4.79 Å². The quantitative estimate of drug-likeness (QED) is 0.368. The van der Waals surface area contributed by atoms with Crippen LogP contribution in [0.1, 0.15) is 20.1 Å². The van der Waals surface area contributed by atoms with Crippen LogP contribution in [0.25, 0.3) is 20.8 Å². The number of hydrogen-bond acceptors (Lipinski definition) is 6. The van der Waals surface area contributed by atoms with Crippen LogP contribution in [0, 0.1) is 0 Å². The Morgan fingerprint density at radius 1 is 1.17 bits per heavy atom. The Balaban J connectivity index is 0.00000205. The van der Waals surface area contributed by atoms with Crippen molar-refractivity contribution in [3.63, 3.8) is 0 Å². The summed E-state index contributed by atoms with van der Waals surface area (Å²) in [7, 11) is 2.13. The lowest BCUT2D eigenvalue weighted by atomic mass is 10.0. The lowest BCUT2D eigenvalue weighted by Crippen LogP contribution is -2.25. The molecule has 0 spiro atoms. The molecular formula is C20H17Cl2N3OS3. The highest BCUT2D eigenvalue weighted by atomic mass is 35.5. The molecule has 3 aromatic heterocycles. The van der Waals surface area contributed by atoms with Gasteiger partial charge in [-0.15, -0.1) is 46.4 Å². The van der Waals surface area contributed by atoms with Gasteiger partial charge in [0.05, 0.1) is 19.4 Å². The van der Waals surface area contributed by atoms with Gasteiger partial charge in [-0.25, -0.2) is 4.98 Å². The molecule has 1 N–H and O–H groups in total. The maximum absolute atomic E-state index is 12.8. The Kier molecular flexibility index (Phi) is 5.97. The molecule has 5 rings (SSSR count). The van der Waals surface area contributed by atoms with Gasteiger partial charge in [0.2, 0.25) is 0 Å². The Hall–Kier alpha value is -1.48. The largest absolute Gasteiger partial charge is 0.312 e. The molecule has 0 radical (unpaired) electrons. The van der Waals surface area contributed by atoms with Gasteiger partial charge in [0.1, 0.15) is 10.0 Å². The van der Waals surface area contributed by atoms with E-state index in [-0.39, 0.29) is 18.3 Å². The van der Waals surface area contributed by atoms with Crippen molar-refractivity contribution in [1.29, 1.82) is 0 Å². The van der Waals surface area contributed by atoms with Crippen molar-refractivity contribution in [3.05, 3.63) is 56.1 Å². The molecule has 150 valence electrons. The van der Waals surface area contributed by atoms with Crippen LogP contribution in [0.4, 0.5) is 5.00 Å². The Bertz CT molecular complexity index is 1160. The van der Waals surface area contributed by atoms with Gasteiger partial charge in [-0.2, -0.15) is 0 Å². The second-order valence-corrected chi connectivity index (χ2v) is 10.6. The van der Waals surface area contributed by atoms with E-state index in [4.69, 9.17) is 16.6 Å². The molecule has 0 atom stereocenters. The lowest BCUT2D eigenvalue weighted by molar-refractivity contribution is 0.103. The minimum atomic E-state index is -0.119. The standard InChI is InChI=1S/C20H16ClN3OS3.ClH/c1-24-9-8-11-15(10-24)28-20(23-18(25)14-6-7-16(21)26-14)17(11)19-22-12-4-2-3-5-13(12)27-19;/h2-7H,8-10H2,1H3,(H,23,25);1H. The number of thiophene rings is 2. The Labute approximate surface area is 191 Å². The lowest BCUT2D eigenvalue weighted by Gasteiger charge is -2.22. The first-order valence-corrected chi connectivity index (χ1v) is 11.7. The van der Waals surface area contributed by atoms with Crippen LogP contribution < -0.4 is 5.32 Å². The number of benzene rings is 1. The maximum Gasteiger partial charge on any atom is 0.266 e. The topological polar surface area (TPSA) is 45.2 Å². The number of rotatable bonds is 3. The molecule has 4 nitrogen and oxygen atoms in total. The highest BCUT2D eigenvalue weighted by molar-refractivity contribution is 7.23. The molecule has 0 saturated carbocycles. The fraction of sp³-hybridized carbons (Fsp3) is 0.200. The first kappa shape index (κ1) is 20.8. The number of carbonyl (C=O) groups is 1. The molecule has 4 aromatic rings. The smallest absolute Gasteiger partial charge is 0.266 e. The molecule has 0 bridgehead atoms. The number of para-hydroxylation sites is 1. The van der Waals surface area contributed by atoms with Crippen molar-refractivity contribution >= 4 is 79.1 Å². The van der Waals surface area contributed by atoms with E-state index in [0.29, 0.717) is 9.21 Å². The summed E-state index contributed by atoms with van der Waals surface area (Å²) >= 11 is 10.6. The van der Waals surface area contributed by atoms with Gasteiger partial charge in [-0.05, 0) is 43.3 Å². The van der Waals surface area contributed by atoms with Crippen LogP contribution in [0.15, 0.2) is 36.4 Å². The number of halogens is 2. The van der Waals surface area contributed by atoms with Crippen molar-refractivity contribution in [3.8, 4) is 10.6 Å². The van der Waals surface area contributed by atoms with Gasteiger partial charge in [-0.3, -0.25) is 4.79 Å². The van der Waals surface area contributed by atoms with E-state index < -0.39 is 0 Å². The average Bonchev–Trinajstić information content (AvgIpc) is 3.36. The summed E-state index contributed by atoms with van der Waals surface area (Å²) in [5.41, 5.74) is 3.41. The molecular weight excluding hydrogens is 465 g/mol. The van der Waals surface area contributed by atoms with Gasteiger partial charge in [0.15, 0.2) is 0 Å². The molecule has 0 unspecified atom stereocenters. The fourth-order valence-electron chi connectivity index (χ4n) is 3.43. The molecule has 1 amide bonds. The van der Waals surface area contributed by atoms with Crippen LogP contribution in [-0.4, -0.2) is 29.4 Å². The molecule has 1 aliphatic heterocycles. The molecule has 1 aliphatic rings. The first-order chi connectivity index (χ1) is 13.6. The summed E-state index contributed by atoms with van der Waals surface area (Å²) in [4.78, 5) is 21.9. The maximum atomic E-state index is 12.8. The number of thiazole rings is 1. The summed E-state index contributed by atoms with van der Waals surface area (Å²) in [5.74, 6) is -0.119. The van der Waals surface area contributed by atoms with Gasteiger partial charge < -0.3 is 10.2 Å². The third-order valence-electron chi connectivity index (χ3n) is 4.78. The number of nitrogens with one attached hydrogen (secondary N) is 1. The number of amides is 1. The normalized spacial score (nSPS) is 13.9. The summed E-state index contributed by atoms with van der Waals surface area (Å²) in [6.45, 7) is 1.91. The molecule has 0 fully saturated rings. The average molecular weight is 482 g/mol. The SMILES string of the molecule is CN1CCc2c(sc(NC(=O)c3ccc(Cl)s3)c2-c2nc3ccccc3s2)C1.Cl. The van der Waals surface area contributed by atoms with E-state index >= 15 is 0 Å². The van der Waals surface area contributed by atoms with E-state index in [1.54, 1.807) is 34.8 Å². The van der Waals surface area contributed by atoms with Crippen molar-refractivity contribution in [2.24, 2.45) is 0 Å². The third kappa shape index (κ3) is 3.95. The highest BCUT2D eigenvalue weighted by Crippen LogP contribution is 2.45. The van der Waals surface area contributed by atoms with Gasteiger partial charge in [0, 0.05) is 23.5 Å². The fourth-order valence-corrected chi connectivity index (χ4v) is 6.80.